The molecule has 5 aromatic rings. The lowest BCUT2D eigenvalue weighted by Gasteiger charge is -2.10. The highest BCUT2D eigenvalue weighted by atomic mass is 35.5. The summed E-state index contributed by atoms with van der Waals surface area (Å²) in [6, 6.07) is 25.0. The first-order valence-electron chi connectivity index (χ1n) is 11.2. The first-order valence-corrected chi connectivity index (χ1v) is 12.5. The predicted octanol–water partition coefficient (Wildman–Crippen LogP) is 7.04. The molecule has 0 bridgehead atoms. The monoisotopic (exact) mass is 530 g/mol. The third-order valence-corrected chi connectivity index (χ3v) is 6.84. The SMILES string of the molecule is Cc1ccc(-n2c(SCC(=O)c3ccc(-c4ccc([N+](=O)[O-])cc4Cl)o3)nnc2-c2ccccc2)cc1. The lowest BCUT2D eigenvalue weighted by atomic mass is 10.1. The Morgan fingerprint density at radius 2 is 1.78 bits per heavy atom. The third-order valence-electron chi connectivity index (χ3n) is 5.60. The topological polar surface area (TPSA) is 104 Å². The quantitative estimate of drug-likeness (QED) is 0.0916. The second-order valence-electron chi connectivity index (χ2n) is 8.14. The van der Waals surface area contributed by atoms with Gasteiger partial charge in [-0.2, -0.15) is 0 Å². The van der Waals surface area contributed by atoms with Crippen LogP contribution in [0.2, 0.25) is 5.02 Å². The molecule has 184 valence electrons. The highest BCUT2D eigenvalue weighted by molar-refractivity contribution is 7.99. The van der Waals surface area contributed by atoms with E-state index in [1.54, 1.807) is 12.1 Å². The van der Waals surface area contributed by atoms with Gasteiger partial charge in [0, 0.05) is 28.9 Å². The summed E-state index contributed by atoms with van der Waals surface area (Å²) in [5.41, 5.74) is 3.26. The van der Waals surface area contributed by atoms with Crippen molar-refractivity contribution in [3.8, 4) is 28.4 Å². The van der Waals surface area contributed by atoms with Crippen molar-refractivity contribution in [2.24, 2.45) is 0 Å². The summed E-state index contributed by atoms with van der Waals surface area (Å²) in [7, 11) is 0. The Hall–Kier alpha value is -4.21. The first kappa shape index (κ1) is 24.5. The second-order valence-corrected chi connectivity index (χ2v) is 9.49. The van der Waals surface area contributed by atoms with Gasteiger partial charge in [0.2, 0.25) is 5.78 Å². The fourth-order valence-electron chi connectivity index (χ4n) is 3.72. The number of aryl methyl sites for hydroxylation is 1. The molecule has 2 aromatic heterocycles. The molecule has 37 heavy (non-hydrogen) atoms. The van der Waals surface area contributed by atoms with Gasteiger partial charge in [0.15, 0.2) is 16.7 Å². The van der Waals surface area contributed by atoms with Crippen LogP contribution in [-0.4, -0.2) is 31.2 Å². The zero-order valence-electron chi connectivity index (χ0n) is 19.5. The molecular weight excluding hydrogens is 512 g/mol. The number of hydrogen-bond donors (Lipinski definition) is 0. The normalized spacial score (nSPS) is 11.0. The molecule has 0 aliphatic rings. The average molecular weight is 531 g/mol. The van der Waals surface area contributed by atoms with Crippen molar-refractivity contribution < 1.29 is 14.1 Å². The number of aromatic nitrogens is 3. The number of nitro groups is 1. The number of hydrogen-bond acceptors (Lipinski definition) is 7. The van der Waals surface area contributed by atoms with E-state index in [4.69, 9.17) is 16.0 Å². The largest absolute Gasteiger partial charge is 0.453 e. The molecule has 0 fully saturated rings. The standard InChI is InChI=1S/C27H19ClN4O4S/c1-17-7-9-19(10-8-17)31-26(18-5-3-2-4-6-18)29-30-27(31)37-16-23(33)25-14-13-24(36-25)21-12-11-20(32(34)35)15-22(21)28/h2-15H,16H2,1H3. The second kappa shape index (κ2) is 10.4. The number of carbonyl (C=O) groups excluding carboxylic acids is 1. The molecule has 0 saturated heterocycles. The summed E-state index contributed by atoms with van der Waals surface area (Å²) in [6.07, 6.45) is 0. The minimum absolute atomic E-state index is 0.0692. The summed E-state index contributed by atoms with van der Waals surface area (Å²) >= 11 is 7.46. The van der Waals surface area contributed by atoms with Crippen LogP contribution in [0.1, 0.15) is 16.1 Å². The molecule has 0 unspecified atom stereocenters. The number of nitrogens with zero attached hydrogens (tertiary/aromatic N) is 4. The highest BCUT2D eigenvalue weighted by Crippen LogP contribution is 2.33. The molecule has 3 aromatic carbocycles. The molecule has 10 heteroatoms. The van der Waals surface area contributed by atoms with Crippen LogP contribution in [0.3, 0.4) is 0 Å². The van der Waals surface area contributed by atoms with E-state index in [-0.39, 0.29) is 28.0 Å². The van der Waals surface area contributed by atoms with E-state index >= 15 is 0 Å². The van der Waals surface area contributed by atoms with E-state index in [1.807, 2.05) is 66.1 Å². The van der Waals surface area contributed by atoms with Gasteiger partial charge in [0.1, 0.15) is 5.76 Å². The smallest absolute Gasteiger partial charge is 0.270 e. The lowest BCUT2D eigenvalue weighted by molar-refractivity contribution is -0.384. The van der Waals surface area contributed by atoms with Gasteiger partial charge in [-0.15, -0.1) is 10.2 Å². The minimum Gasteiger partial charge on any atom is -0.453 e. The van der Waals surface area contributed by atoms with E-state index in [9.17, 15) is 14.9 Å². The maximum atomic E-state index is 13.0. The van der Waals surface area contributed by atoms with Gasteiger partial charge >= 0.3 is 0 Å². The molecule has 0 aliphatic heterocycles. The molecule has 0 amide bonds. The number of non-ortho nitro benzene ring substituents is 1. The van der Waals surface area contributed by atoms with Crippen LogP contribution >= 0.6 is 23.4 Å². The van der Waals surface area contributed by atoms with Gasteiger partial charge in [-0.25, -0.2) is 0 Å². The first-order chi connectivity index (χ1) is 17.9. The van der Waals surface area contributed by atoms with Crippen molar-refractivity contribution in [3.63, 3.8) is 0 Å². The summed E-state index contributed by atoms with van der Waals surface area (Å²) in [5, 5.41) is 20.5. The van der Waals surface area contributed by atoms with Crippen molar-refractivity contribution in [1.82, 2.24) is 14.8 Å². The number of rotatable bonds is 8. The number of ketones is 1. The summed E-state index contributed by atoms with van der Waals surface area (Å²) in [6.45, 7) is 2.02. The molecule has 8 nitrogen and oxygen atoms in total. The Morgan fingerprint density at radius 1 is 1.03 bits per heavy atom. The summed E-state index contributed by atoms with van der Waals surface area (Å²) < 4.78 is 7.67. The number of carbonyl (C=O) groups is 1. The van der Waals surface area contributed by atoms with Crippen LogP contribution in [0.15, 0.2) is 94.5 Å². The minimum atomic E-state index is -0.525. The molecule has 0 N–H and O–H groups in total. The molecule has 2 heterocycles. The van der Waals surface area contributed by atoms with Crippen molar-refractivity contribution in [2.45, 2.75) is 12.1 Å². The lowest BCUT2D eigenvalue weighted by Crippen LogP contribution is -2.04. The average Bonchev–Trinajstić information content (AvgIpc) is 3.56. The Labute approximate surface area is 221 Å². The fourth-order valence-corrected chi connectivity index (χ4v) is 4.81. The third kappa shape index (κ3) is 5.18. The van der Waals surface area contributed by atoms with Gasteiger partial charge in [-0.1, -0.05) is 71.4 Å². The number of thioether (sulfide) groups is 1. The summed E-state index contributed by atoms with van der Waals surface area (Å²) in [4.78, 5) is 23.4. The molecule has 0 aliphatic carbocycles. The van der Waals surface area contributed by atoms with Gasteiger partial charge in [0.05, 0.1) is 15.7 Å². The number of halogens is 1. The van der Waals surface area contributed by atoms with Crippen molar-refractivity contribution in [3.05, 3.63) is 111 Å². The Balaban J connectivity index is 1.38. The van der Waals surface area contributed by atoms with Crippen LogP contribution in [0.4, 0.5) is 5.69 Å². The van der Waals surface area contributed by atoms with Crippen LogP contribution in [0.25, 0.3) is 28.4 Å². The summed E-state index contributed by atoms with van der Waals surface area (Å²) in [5.74, 6) is 1.00. The van der Waals surface area contributed by atoms with Crippen LogP contribution in [0, 0.1) is 17.0 Å². The Kier molecular flexibility index (Phi) is 6.89. The van der Waals surface area contributed by atoms with Crippen molar-refractivity contribution >= 4 is 34.8 Å². The molecule has 0 atom stereocenters. The number of benzene rings is 3. The predicted molar refractivity (Wildman–Crippen MR) is 142 cm³/mol. The van der Waals surface area contributed by atoms with E-state index in [0.717, 1.165) is 16.8 Å². The van der Waals surface area contributed by atoms with Gasteiger partial charge in [-0.3, -0.25) is 19.5 Å². The van der Waals surface area contributed by atoms with Crippen LogP contribution < -0.4 is 0 Å². The van der Waals surface area contributed by atoms with Gasteiger partial charge in [-0.05, 0) is 37.3 Å². The zero-order valence-corrected chi connectivity index (χ0v) is 21.1. The van der Waals surface area contributed by atoms with Gasteiger partial charge in [0.25, 0.3) is 5.69 Å². The molecule has 0 radical (unpaired) electrons. The fraction of sp³-hybridized carbons (Fsp3) is 0.0741. The van der Waals surface area contributed by atoms with E-state index < -0.39 is 4.92 Å². The highest BCUT2D eigenvalue weighted by Gasteiger charge is 2.20. The molecule has 0 spiro atoms. The van der Waals surface area contributed by atoms with Crippen molar-refractivity contribution in [2.75, 3.05) is 5.75 Å². The molecular formula is C27H19ClN4O4S. The maximum Gasteiger partial charge on any atom is 0.270 e. The zero-order chi connectivity index (χ0) is 25.9. The molecule has 0 saturated carbocycles. The number of furan rings is 1. The Morgan fingerprint density at radius 3 is 2.49 bits per heavy atom. The van der Waals surface area contributed by atoms with Crippen molar-refractivity contribution in [1.29, 1.82) is 0 Å². The Bertz CT molecular complexity index is 1600. The van der Waals surface area contributed by atoms with Crippen LogP contribution in [-0.2, 0) is 0 Å². The maximum absolute atomic E-state index is 13.0. The van der Waals surface area contributed by atoms with Crippen LogP contribution in [0.5, 0.6) is 0 Å². The number of nitro benzene ring substituents is 1. The van der Waals surface area contributed by atoms with E-state index in [1.165, 1.54) is 30.0 Å². The molecule has 5 rings (SSSR count). The number of Topliss-reactive ketones (excluding diaryl/α,β-unsaturated/α-hetero) is 1. The van der Waals surface area contributed by atoms with E-state index in [2.05, 4.69) is 10.2 Å². The van der Waals surface area contributed by atoms with E-state index in [0.29, 0.717) is 22.3 Å². The van der Waals surface area contributed by atoms with Gasteiger partial charge < -0.3 is 4.42 Å².